The number of methoxy groups -OCH3 is 1. The van der Waals surface area contributed by atoms with E-state index >= 15 is 0 Å². The Morgan fingerprint density at radius 3 is 2.68 bits per heavy atom. The molecule has 1 amide bonds. The van der Waals surface area contributed by atoms with E-state index in [0.29, 0.717) is 0 Å². The smallest absolute Gasteiger partial charge is 0.284 e. The van der Waals surface area contributed by atoms with Crippen molar-refractivity contribution in [1.29, 1.82) is 0 Å². The lowest BCUT2D eigenvalue weighted by Crippen LogP contribution is -2.32. The number of ether oxygens (including phenoxy) is 1. The van der Waals surface area contributed by atoms with Crippen molar-refractivity contribution in [2.45, 2.75) is 18.9 Å². The quantitative estimate of drug-likeness (QED) is 0.639. The predicted octanol–water partition coefficient (Wildman–Crippen LogP) is 4.92. The van der Waals surface area contributed by atoms with Gasteiger partial charge in [0.1, 0.15) is 5.75 Å². The summed E-state index contributed by atoms with van der Waals surface area (Å²) in [6.07, 6.45) is 1.99. The normalized spacial score (nSPS) is 20.3. The van der Waals surface area contributed by atoms with E-state index < -0.39 is 0 Å². The fraction of sp³-hybridized carbons (Fsp3) is 0.217. The van der Waals surface area contributed by atoms with Gasteiger partial charge in [0.25, 0.3) is 5.91 Å². The summed E-state index contributed by atoms with van der Waals surface area (Å²) in [6.45, 7) is 0. The van der Waals surface area contributed by atoms with Gasteiger partial charge in [-0.3, -0.25) is 4.79 Å². The van der Waals surface area contributed by atoms with Crippen molar-refractivity contribution in [2.24, 2.45) is 11.0 Å². The molecule has 0 saturated heterocycles. The molecule has 0 N–H and O–H groups in total. The molecule has 5 heteroatoms. The molecule has 2 atom stereocenters. The Morgan fingerprint density at radius 2 is 1.93 bits per heavy atom. The highest BCUT2D eigenvalue weighted by molar-refractivity contribution is 7.12. The van der Waals surface area contributed by atoms with Crippen molar-refractivity contribution < 1.29 is 9.53 Å². The van der Waals surface area contributed by atoms with Crippen LogP contribution in [0.4, 0.5) is 0 Å². The fourth-order valence-corrected chi connectivity index (χ4v) is 4.93. The van der Waals surface area contributed by atoms with Crippen LogP contribution < -0.4 is 4.74 Å². The van der Waals surface area contributed by atoms with Crippen molar-refractivity contribution in [3.8, 4) is 5.75 Å². The third-order valence-corrected chi connectivity index (χ3v) is 6.48. The summed E-state index contributed by atoms with van der Waals surface area (Å²) in [4.78, 5) is 14.0. The van der Waals surface area contributed by atoms with Crippen molar-refractivity contribution in [1.82, 2.24) is 5.01 Å². The van der Waals surface area contributed by atoms with Crippen LogP contribution in [0.3, 0.4) is 0 Å². The maximum atomic E-state index is 13.3. The number of hydrogen-bond acceptors (Lipinski definition) is 4. The zero-order chi connectivity index (χ0) is 19.1. The lowest BCUT2D eigenvalue weighted by Gasteiger charge is -2.29. The first-order chi connectivity index (χ1) is 13.8. The molecule has 0 saturated carbocycles. The molecule has 140 valence electrons. The van der Waals surface area contributed by atoms with Gasteiger partial charge < -0.3 is 4.74 Å². The molecule has 1 aliphatic heterocycles. The zero-order valence-electron chi connectivity index (χ0n) is 15.5. The van der Waals surface area contributed by atoms with Crippen LogP contribution in [0.15, 0.2) is 71.1 Å². The van der Waals surface area contributed by atoms with E-state index in [0.717, 1.165) is 34.7 Å². The highest BCUT2D eigenvalue weighted by atomic mass is 32.1. The van der Waals surface area contributed by atoms with Crippen LogP contribution in [0.2, 0.25) is 0 Å². The lowest BCUT2D eigenvalue weighted by atomic mass is 9.77. The number of amides is 1. The van der Waals surface area contributed by atoms with Gasteiger partial charge in [-0.15, -0.1) is 11.3 Å². The summed E-state index contributed by atoms with van der Waals surface area (Å²) in [7, 11) is 1.66. The first-order valence-corrected chi connectivity index (χ1v) is 10.3. The molecular weight excluding hydrogens is 368 g/mol. The third-order valence-electron chi connectivity index (χ3n) is 5.63. The molecule has 4 nitrogen and oxygen atoms in total. The zero-order valence-corrected chi connectivity index (χ0v) is 16.4. The minimum absolute atomic E-state index is 0.0322. The van der Waals surface area contributed by atoms with Gasteiger partial charge in [0.15, 0.2) is 0 Å². The van der Waals surface area contributed by atoms with Crippen LogP contribution in [0, 0.1) is 5.92 Å². The standard InChI is InChI=1S/C23H20N2O2S/c1-27-17-11-8-16(9-12-17)22-19-13-10-15-5-2-3-6-18(15)21(19)24-25(22)23(26)20-7-4-14-28-20/h2-9,11-12,14,19,22H,10,13H2,1H3/t19-,22-/m0/s1. The lowest BCUT2D eigenvalue weighted by molar-refractivity contribution is 0.0686. The van der Waals surface area contributed by atoms with Gasteiger partial charge in [-0.2, -0.15) is 5.10 Å². The summed E-state index contributed by atoms with van der Waals surface area (Å²) in [6, 6.07) is 20.1. The molecule has 3 aromatic rings. The number of hydrazone groups is 1. The summed E-state index contributed by atoms with van der Waals surface area (Å²) in [5, 5.41) is 8.52. The maximum Gasteiger partial charge on any atom is 0.284 e. The molecule has 5 rings (SSSR count). The Morgan fingerprint density at radius 1 is 1.11 bits per heavy atom. The van der Waals surface area contributed by atoms with Gasteiger partial charge in [0.05, 0.1) is 23.7 Å². The molecule has 28 heavy (non-hydrogen) atoms. The van der Waals surface area contributed by atoms with Gasteiger partial charge >= 0.3 is 0 Å². The molecule has 0 fully saturated rings. The van der Waals surface area contributed by atoms with Crippen LogP contribution >= 0.6 is 11.3 Å². The van der Waals surface area contributed by atoms with Gasteiger partial charge in [-0.1, -0.05) is 42.5 Å². The summed E-state index contributed by atoms with van der Waals surface area (Å²) in [5.41, 5.74) is 4.62. The SMILES string of the molecule is COc1ccc([C@H]2[C@H]3CCc4ccccc4C3=NN2C(=O)c2cccs2)cc1. The van der Waals surface area contributed by atoms with E-state index in [1.165, 1.54) is 22.5 Å². The van der Waals surface area contributed by atoms with Crippen molar-refractivity contribution in [3.05, 3.63) is 87.6 Å². The first kappa shape index (κ1) is 17.2. The van der Waals surface area contributed by atoms with Gasteiger partial charge in [0.2, 0.25) is 0 Å². The predicted molar refractivity (Wildman–Crippen MR) is 111 cm³/mol. The van der Waals surface area contributed by atoms with Gasteiger partial charge in [-0.05, 0) is 47.5 Å². The number of aryl methyl sites for hydroxylation is 1. The molecular formula is C23H20N2O2S. The molecule has 0 spiro atoms. The highest BCUT2D eigenvalue weighted by Crippen LogP contribution is 2.44. The van der Waals surface area contributed by atoms with Crippen molar-refractivity contribution in [2.75, 3.05) is 7.11 Å². The second-order valence-electron chi connectivity index (χ2n) is 7.13. The van der Waals surface area contributed by atoms with E-state index in [9.17, 15) is 4.79 Å². The van der Waals surface area contributed by atoms with Crippen molar-refractivity contribution in [3.63, 3.8) is 0 Å². The topological polar surface area (TPSA) is 41.9 Å². The van der Waals surface area contributed by atoms with Crippen LogP contribution in [-0.4, -0.2) is 23.7 Å². The second-order valence-corrected chi connectivity index (χ2v) is 8.08. The van der Waals surface area contributed by atoms with Crippen LogP contribution in [0.1, 0.15) is 38.8 Å². The number of carbonyl (C=O) groups excluding carboxylic acids is 1. The number of hydrogen-bond donors (Lipinski definition) is 0. The number of carbonyl (C=O) groups is 1. The summed E-state index contributed by atoms with van der Waals surface area (Å²) >= 11 is 1.46. The van der Waals surface area contributed by atoms with E-state index in [4.69, 9.17) is 9.84 Å². The van der Waals surface area contributed by atoms with Crippen LogP contribution in [-0.2, 0) is 6.42 Å². The Balaban J connectivity index is 1.60. The minimum atomic E-state index is -0.0936. The second kappa shape index (κ2) is 6.91. The van der Waals surface area contributed by atoms with E-state index in [-0.39, 0.29) is 17.9 Å². The third kappa shape index (κ3) is 2.74. The minimum Gasteiger partial charge on any atom is -0.497 e. The highest BCUT2D eigenvalue weighted by Gasteiger charge is 2.44. The number of rotatable bonds is 3. The Kier molecular flexibility index (Phi) is 4.24. The van der Waals surface area contributed by atoms with E-state index in [2.05, 4.69) is 36.4 Å². The van der Waals surface area contributed by atoms with E-state index in [1.54, 1.807) is 12.1 Å². The summed E-state index contributed by atoms with van der Waals surface area (Å²) < 4.78 is 5.31. The fourth-order valence-electron chi connectivity index (χ4n) is 4.28. The first-order valence-electron chi connectivity index (χ1n) is 9.44. The average Bonchev–Trinajstić information content (AvgIpc) is 3.41. The number of benzene rings is 2. The van der Waals surface area contributed by atoms with Crippen LogP contribution in [0.5, 0.6) is 5.75 Å². The van der Waals surface area contributed by atoms with Gasteiger partial charge in [0, 0.05) is 11.5 Å². The number of thiophene rings is 1. The van der Waals surface area contributed by atoms with Gasteiger partial charge in [-0.25, -0.2) is 5.01 Å². The average molecular weight is 388 g/mol. The number of fused-ring (bicyclic) bond motifs is 3. The Hall–Kier alpha value is -2.92. The Bertz CT molecular complexity index is 1040. The van der Waals surface area contributed by atoms with E-state index in [1.807, 2.05) is 29.6 Å². The molecule has 0 bridgehead atoms. The molecule has 1 aromatic heterocycles. The van der Waals surface area contributed by atoms with Crippen LogP contribution in [0.25, 0.3) is 0 Å². The largest absolute Gasteiger partial charge is 0.497 e. The summed E-state index contributed by atoms with van der Waals surface area (Å²) in [5.74, 6) is 0.982. The molecule has 2 aliphatic rings. The Labute approximate surface area is 168 Å². The molecule has 1 aliphatic carbocycles. The maximum absolute atomic E-state index is 13.3. The van der Waals surface area contributed by atoms with Crippen molar-refractivity contribution >= 4 is 23.0 Å². The monoisotopic (exact) mass is 388 g/mol. The molecule has 2 aromatic carbocycles. The number of nitrogens with zero attached hydrogens (tertiary/aromatic N) is 2. The molecule has 0 radical (unpaired) electrons. The molecule has 2 heterocycles. The molecule has 0 unspecified atom stereocenters.